The van der Waals surface area contributed by atoms with Gasteiger partial charge in [-0.2, -0.15) is 0 Å². The highest BCUT2D eigenvalue weighted by atomic mass is 35.5. The van der Waals surface area contributed by atoms with Gasteiger partial charge in [0, 0.05) is 5.02 Å². The molecule has 0 spiro atoms. The largest absolute Gasteiger partial charge is 0.496 e. The summed E-state index contributed by atoms with van der Waals surface area (Å²) in [6.07, 6.45) is 0.658. The zero-order valence-electron chi connectivity index (χ0n) is 10.7. The standard InChI is InChI=1S/C12H15ClN4OS/c1-7-12(19-17-16-7)10(15-14)6-8-5-9(13)3-4-11(8)18-2/h3-5,10,15H,6,14H2,1-2H3. The molecule has 0 fully saturated rings. The monoisotopic (exact) mass is 298 g/mol. The number of nitrogens with zero attached hydrogens (tertiary/aromatic N) is 2. The molecule has 0 aliphatic carbocycles. The van der Waals surface area contributed by atoms with E-state index in [0.717, 1.165) is 21.9 Å². The number of nitrogens with two attached hydrogens (primary N) is 1. The number of nitrogens with one attached hydrogen (secondary N) is 1. The van der Waals surface area contributed by atoms with Crippen molar-refractivity contribution in [2.24, 2.45) is 5.84 Å². The molecule has 0 aliphatic rings. The summed E-state index contributed by atoms with van der Waals surface area (Å²) in [6, 6.07) is 5.47. The van der Waals surface area contributed by atoms with E-state index < -0.39 is 0 Å². The summed E-state index contributed by atoms with van der Waals surface area (Å²) in [5.74, 6) is 6.43. The van der Waals surface area contributed by atoms with Crippen LogP contribution in [0, 0.1) is 6.92 Å². The molecule has 7 heteroatoms. The van der Waals surface area contributed by atoms with E-state index in [1.807, 2.05) is 19.1 Å². The van der Waals surface area contributed by atoms with Crippen LogP contribution in [0.5, 0.6) is 5.75 Å². The zero-order valence-corrected chi connectivity index (χ0v) is 12.3. The van der Waals surface area contributed by atoms with E-state index in [0.29, 0.717) is 11.4 Å². The molecule has 0 radical (unpaired) electrons. The van der Waals surface area contributed by atoms with E-state index in [9.17, 15) is 0 Å². The minimum absolute atomic E-state index is 0.0626. The molecule has 0 saturated heterocycles. The number of hydrazine groups is 1. The zero-order chi connectivity index (χ0) is 13.8. The van der Waals surface area contributed by atoms with Crippen molar-refractivity contribution in [3.63, 3.8) is 0 Å². The smallest absolute Gasteiger partial charge is 0.122 e. The quantitative estimate of drug-likeness (QED) is 0.654. The number of benzene rings is 1. The third-order valence-corrected chi connectivity index (χ3v) is 4.05. The molecule has 2 aromatic rings. The molecular formula is C12H15ClN4OS. The summed E-state index contributed by atoms with van der Waals surface area (Å²) in [6.45, 7) is 1.92. The molecule has 1 atom stereocenters. The lowest BCUT2D eigenvalue weighted by Gasteiger charge is -2.16. The normalized spacial score (nSPS) is 12.4. The maximum absolute atomic E-state index is 6.03. The lowest BCUT2D eigenvalue weighted by Crippen LogP contribution is -2.29. The average Bonchev–Trinajstić information content (AvgIpc) is 2.82. The van der Waals surface area contributed by atoms with Gasteiger partial charge in [0.05, 0.1) is 23.7 Å². The first-order valence-electron chi connectivity index (χ1n) is 5.73. The molecule has 0 aliphatic heterocycles. The molecule has 1 unspecified atom stereocenters. The molecular weight excluding hydrogens is 284 g/mol. The minimum atomic E-state index is -0.0626. The van der Waals surface area contributed by atoms with Gasteiger partial charge < -0.3 is 4.74 Å². The predicted octanol–water partition coefficient (Wildman–Crippen LogP) is 2.26. The van der Waals surface area contributed by atoms with Crippen LogP contribution in [0.25, 0.3) is 0 Å². The fraction of sp³-hybridized carbons (Fsp3) is 0.333. The first-order valence-corrected chi connectivity index (χ1v) is 6.88. The molecule has 19 heavy (non-hydrogen) atoms. The molecule has 3 N–H and O–H groups in total. The highest BCUT2D eigenvalue weighted by molar-refractivity contribution is 7.05. The van der Waals surface area contributed by atoms with Crippen LogP contribution in [0.2, 0.25) is 5.02 Å². The van der Waals surface area contributed by atoms with Gasteiger partial charge >= 0.3 is 0 Å². The van der Waals surface area contributed by atoms with E-state index in [-0.39, 0.29) is 6.04 Å². The second kappa shape index (κ2) is 6.29. The average molecular weight is 299 g/mol. The Morgan fingerprint density at radius 3 is 2.89 bits per heavy atom. The highest BCUT2D eigenvalue weighted by Gasteiger charge is 2.18. The van der Waals surface area contributed by atoms with Crippen LogP contribution in [-0.4, -0.2) is 16.7 Å². The lowest BCUT2D eigenvalue weighted by atomic mass is 10.0. The SMILES string of the molecule is COc1ccc(Cl)cc1CC(NN)c1snnc1C. The number of hydrogen-bond acceptors (Lipinski definition) is 6. The van der Waals surface area contributed by atoms with Gasteiger partial charge in [0.2, 0.25) is 0 Å². The van der Waals surface area contributed by atoms with Gasteiger partial charge in [0.1, 0.15) is 5.75 Å². The van der Waals surface area contributed by atoms with Crippen molar-refractivity contribution >= 4 is 23.1 Å². The van der Waals surface area contributed by atoms with Crippen LogP contribution in [0.3, 0.4) is 0 Å². The number of aryl methyl sites for hydroxylation is 1. The van der Waals surface area contributed by atoms with E-state index in [1.54, 1.807) is 13.2 Å². The van der Waals surface area contributed by atoms with Crippen LogP contribution < -0.4 is 16.0 Å². The van der Waals surface area contributed by atoms with Gasteiger partial charge in [-0.15, -0.1) is 5.10 Å². The van der Waals surface area contributed by atoms with Gasteiger partial charge in [0.15, 0.2) is 0 Å². The predicted molar refractivity (Wildman–Crippen MR) is 76.4 cm³/mol. The van der Waals surface area contributed by atoms with Crippen molar-refractivity contribution < 1.29 is 4.74 Å². The second-order valence-electron chi connectivity index (χ2n) is 4.10. The molecule has 0 amide bonds. The topological polar surface area (TPSA) is 73.1 Å². The summed E-state index contributed by atoms with van der Waals surface area (Å²) < 4.78 is 9.27. The third kappa shape index (κ3) is 3.22. The fourth-order valence-corrected chi connectivity index (χ4v) is 2.81. The van der Waals surface area contributed by atoms with Gasteiger partial charge in [-0.05, 0) is 48.6 Å². The Labute approximate surface area is 120 Å². The Balaban J connectivity index is 2.28. The first-order chi connectivity index (χ1) is 9.15. The van der Waals surface area contributed by atoms with Crippen molar-refractivity contribution in [3.05, 3.63) is 39.4 Å². The third-order valence-electron chi connectivity index (χ3n) is 2.87. The van der Waals surface area contributed by atoms with E-state index in [1.165, 1.54) is 11.5 Å². The van der Waals surface area contributed by atoms with E-state index >= 15 is 0 Å². The summed E-state index contributed by atoms with van der Waals surface area (Å²) in [4.78, 5) is 1.02. The molecule has 102 valence electrons. The van der Waals surface area contributed by atoms with Crippen LogP contribution in [0.1, 0.15) is 22.2 Å². The van der Waals surface area contributed by atoms with Crippen LogP contribution in [0.4, 0.5) is 0 Å². The van der Waals surface area contributed by atoms with Gasteiger partial charge in [0.25, 0.3) is 0 Å². The van der Waals surface area contributed by atoms with Crippen molar-refractivity contribution in [1.29, 1.82) is 0 Å². The molecule has 1 aromatic heterocycles. The van der Waals surface area contributed by atoms with Crippen LogP contribution in [0.15, 0.2) is 18.2 Å². The summed E-state index contributed by atoms with van der Waals surface area (Å²) in [5.41, 5.74) is 4.67. The Bertz CT molecular complexity index is 560. The van der Waals surface area contributed by atoms with E-state index in [4.69, 9.17) is 22.2 Å². The highest BCUT2D eigenvalue weighted by Crippen LogP contribution is 2.29. The Kier molecular flexibility index (Phi) is 4.71. The summed E-state index contributed by atoms with van der Waals surface area (Å²) in [7, 11) is 1.64. The first kappa shape index (κ1) is 14.2. The van der Waals surface area contributed by atoms with Crippen molar-refractivity contribution in [2.45, 2.75) is 19.4 Å². The van der Waals surface area contributed by atoms with Gasteiger partial charge in [-0.25, -0.2) is 0 Å². The summed E-state index contributed by atoms with van der Waals surface area (Å²) >= 11 is 7.37. The molecule has 1 aromatic carbocycles. The number of ether oxygens (including phenoxy) is 1. The van der Waals surface area contributed by atoms with Gasteiger partial charge in [-0.3, -0.25) is 11.3 Å². The Hall–Kier alpha value is -1.21. The maximum Gasteiger partial charge on any atom is 0.122 e. The Morgan fingerprint density at radius 2 is 2.32 bits per heavy atom. The minimum Gasteiger partial charge on any atom is -0.496 e. The van der Waals surface area contributed by atoms with Crippen molar-refractivity contribution in [1.82, 2.24) is 15.0 Å². The van der Waals surface area contributed by atoms with Crippen LogP contribution >= 0.6 is 23.1 Å². The molecule has 1 heterocycles. The summed E-state index contributed by atoms with van der Waals surface area (Å²) in [5, 5.41) is 4.67. The molecule has 0 bridgehead atoms. The lowest BCUT2D eigenvalue weighted by molar-refractivity contribution is 0.406. The molecule has 0 saturated carbocycles. The molecule has 5 nitrogen and oxygen atoms in total. The van der Waals surface area contributed by atoms with Crippen molar-refractivity contribution in [3.8, 4) is 5.75 Å². The second-order valence-corrected chi connectivity index (χ2v) is 5.32. The van der Waals surface area contributed by atoms with Gasteiger partial charge in [-0.1, -0.05) is 16.1 Å². The van der Waals surface area contributed by atoms with E-state index in [2.05, 4.69) is 15.0 Å². The van der Waals surface area contributed by atoms with Crippen molar-refractivity contribution in [2.75, 3.05) is 7.11 Å². The number of aromatic nitrogens is 2. The maximum atomic E-state index is 6.03. The van der Waals surface area contributed by atoms with Crippen LogP contribution in [-0.2, 0) is 6.42 Å². The Morgan fingerprint density at radius 1 is 1.53 bits per heavy atom. The number of halogens is 1. The number of rotatable bonds is 5. The number of hydrogen-bond donors (Lipinski definition) is 2. The number of methoxy groups -OCH3 is 1. The fourth-order valence-electron chi connectivity index (χ4n) is 1.91. The molecule has 2 rings (SSSR count).